The average molecular weight is 240 g/mol. The molecule has 1 aromatic rings. The van der Waals surface area contributed by atoms with Crippen molar-refractivity contribution in [3.05, 3.63) is 5.82 Å². The number of carboxylic acid groups (broad SMARTS) is 1. The molecule has 0 aliphatic carbocycles. The molecule has 6 heteroatoms. The molecule has 96 valence electrons. The van der Waals surface area contributed by atoms with Crippen LogP contribution >= 0.6 is 0 Å². The highest BCUT2D eigenvalue weighted by atomic mass is 16.4. The zero-order valence-corrected chi connectivity index (χ0v) is 11.1. The Kier molecular flexibility index (Phi) is 3.54. The van der Waals surface area contributed by atoms with E-state index in [1.807, 2.05) is 27.7 Å². The maximum atomic E-state index is 11.4. The lowest BCUT2D eigenvalue weighted by Crippen LogP contribution is -2.42. The summed E-state index contributed by atoms with van der Waals surface area (Å²) >= 11 is 0. The third-order valence-corrected chi connectivity index (χ3v) is 3.58. The predicted molar refractivity (Wildman–Crippen MR) is 62.7 cm³/mol. The number of carbonyl (C=O) groups is 1. The van der Waals surface area contributed by atoms with E-state index in [2.05, 4.69) is 15.5 Å². The van der Waals surface area contributed by atoms with Crippen LogP contribution in [0.3, 0.4) is 0 Å². The van der Waals surface area contributed by atoms with Crippen molar-refractivity contribution in [1.82, 2.24) is 20.2 Å². The second kappa shape index (κ2) is 4.43. The van der Waals surface area contributed by atoms with Gasteiger partial charge in [-0.2, -0.15) is 0 Å². The largest absolute Gasteiger partial charge is 0.479 e. The Bertz CT molecular complexity index is 413. The van der Waals surface area contributed by atoms with Crippen LogP contribution in [0.25, 0.3) is 0 Å². The molecule has 1 atom stereocenters. The monoisotopic (exact) mass is 240 g/mol. The fourth-order valence-electron chi connectivity index (χ4n) is 1.49. The van der Waals surface area contributed by atoms with Crippen LogP contribution in [-0.4, -0.2) is 31.3 Å². The molecule has 0 aliphatic rings. The quantitative estimate of drug-likeness (QED) is 0.844. The van der Waals surface area contributed by atoms with Crippen LogP contribution in [0.15, 0.2) is 0 Å². The molecule has 1 rings (SSSR count). The summed E-state index contributed by atoms with van der Waals surface area (Å²) in [6.07, 6.45) is 1.27. The van der Waals surface area contributed by atoms with Crippen LogP contribution in [0.5, 0.6) is 0 Å². The van der Waals surface area contributed by atoms with E-state index in [0.717, 1.165) is 6.42 Å². The lowest BCUT2D eigenvalue weighted by Gasteiger charge is -2.29. The number of aliphatic carboxylic acids is 1. The molecule has 1 heterocycles. The van der Waals surface area contributed by atoms with Crippen molar-refractivity contribution in [2.45, 2.75) is 58.4 Å². The Balaban J connectivity index is 3.34. The third-order valence-electron chi connectivity index (χ3n) is 3.58. The zero-order valence-electron chi connectivity index (χ0n) is 11.1. The summed E-state index contributed by atoms with van der Waals surface area (Å²) in [5.41, 5.74) is -1.33. The van der Waals surface area contributed by atoms with E-state index in [1.54, 1.807) is 6.92 Å². The van der Waals surface area contributed by atoms with Crippen molar-refractivity contribution in [2.75, 3.05) is 0 Å². The first kappa shape index (κ1) is 13.6. The van der Waals surface area contributed by atoms with Gasteiger partial charge >= 0.3 is 5.97 Å². The van der Waals surface area contributed by atoms with Crippen LogP contribution in [0.1, 0.15) is 53.3 Å². The van der Waals surface area contributed by atoms with Gasteiger partial charge in [0.1, 0.15) is 0 Å². The van der Waals surface area contributed by atoms with Crippen LogP contribution < -0.4 is 0 Å². The topological polar surface area (TPSA) is 80.9 Å². The molecule has 0 radical (unpaired) electrons. The minimum atomic E-state index is -1.09. The smallest absolute Gasteiger partial charge is 0.331 e. The summed E-state index contributed by atoms with van der Waals surface area (Å²) in [7, 11) is 0. The molecule has 0 aliphatic heterocycles. The van der Waals surface area contributed by atoms with Crippen LogP contribution in [-0.2, 0) is 15.7 Å². The summed E-state index contributed by atoms with van der Waals surface area (Å²) in [5.74, 6) is -0.299. The highest BCUT2D eigenvalue weighted by molar-refractivity contribution is 5.76. The minimum Gasteiger partial charge on any atom is -0.479 e. The lowest BCUT2D eigenvalue weighted by molar-refractivity contribution is -0.147. The van der Waals surface area contributed by atoms with Crippen molar-refractivity contribution in [1.29, 1.82) is 0 Å². The molecular weight excluding hydrogens is 220 g/mol. The van der Waals surface area contributed by atoms with Gasteiger partial charge in [0.2, 0.25) is 0 Å². The zero-order chi connectivity index (χ0) is 13.3. The third kappa shape index (κ3) is 2.16. The fraction of sp³-hybridized carbons (Fsp3) is 0.818. The summed E-state index contributed by atoms with van der Waals surface area (Å²) in [5, 5.41) is 20.8. The molecule has 0 aromatic carbocycles. The molecule has 0 fully saturated rings. The Labute approximate surface area is 101 Å². The standard InChI is InChI=1S/C11H20N4O2/c1-6-10(3,4)8-12-13-14-15(8)11(5,7-2)9(16)17/h6-7H2,1-5H3,(H,16,17). The van der Waals surface area contributed by atoms with Crippen molar-refractivity contribution < 1.29 is 9.90 Å². The molecule has 17 heavy (non-hydrogen) atoms. The molecule has 1 aromatic heterocycles. The molecule has 0 saturated heterocycles. The van der Waals surface area contributed by atoms with Gasteiger partial charge in [-0.05, 0) is 30.2 Å². The number of rotatable bonds is 5. The second-order valence-electron chi connectivity index (χ2n) is 5.08. The van der Waals surface area contributed by atoms with E-state index in [0.29, 0.717) is 12.2 Å². The summed E-state index contributed by atoms with van der Waals surface area (Å²) in [6, 6.07) is 0. The first-order chi connectivity index (χ1) is 7.79. The van der Waals surface area contributed by atoms with E-state index >= 15 is 0 Å². The van der Waals surface area contributed by atoms with Gasteiger partial charge in [-0.1, -0.05) is 27.7 Å². The van der Waals surface area contributed by atoms with E-state index < -0.39 is 11.5 Å². The maximum Gasteiger partial charge on any atom is 0.331 e. The predicted octanol–water partition coefficient (Wildman–Crippen LogP) is 1.57. The number of aromatic nitrogens is 4. The van der Waals surface area contributed by atoms with Crippen LogP contribution in [0, 0.1) is 0 Å². The molecular formula is C11H20N4O2. The number of hydrogen-bond acceptors (Lipinski definition) is 4. The van der Waals surface area contributed by atoms with Crippen LogP contribution in [0.4, 0.5) is 0 Å². The highest BCUT2D eigenvalue weighted by Crippen LogP contribution is 2.29. The van der Waals surface area contributed by atoms with Crippen molar-refractivity contribution >= 4 is 5.97 Å². The highest BCUT2D eigenvalue weighted by Gasteiger charge is 2.40. The molecule has 0 saturated carbocycles. The van der Waals surface area contributed by atoms with Gasteiger partial charge in [0.05, 0.1) is 0 Å². The summed E-state index contributed by atoms with van der Waals surface area (Å²) in [6.45, 7) is 9.50. The van der Waals surface area contributed by atoms with Crippen molar-refractivity contribution in [3.8, 4) is 0 Å². The molecule has 0 amide bonds. The Morgan fingerprint density at radius 1 is 1.29 bits per heavy atom. The first-order valence-electron chi connectivity index (χ1n) is 5.82. The number of carboxylic acids is 1. The van der Waals surface area contributed by atoms with Gasteiger partial charge < -0.3 is 5.11 Å². The van der Waals surface area contributed by atoms with Crippen molar-refractivity contribution in [3.63, 3.8) is 0 Å². The Morgan fingerprint density at radius 3 is 2.29 bits per heavy atom. The lowest BCUT2D eigenvalue weighted by atomic mass is 9.88. The number of tetrazole rings is 1. The Hall–Kier alpha value is -1.46. The van der Waals surface area contributed by atoms with E-state index in [9.17, 15) is 9.90 Å². The van der Waals surface area contributed by atoms with Gasteiger partial charge in [-0.3, -0.25) is 0 Å². The van der Waals surface area contributed by atoms with E-state index in [4.69, 9.17) is 0 Å². The van der Waals surface area contributed by atoms with Crippen molar-refractivity contribution in [2.24, 2.45) is 0 Å². The molecule has 6 nitrogen and oxygen atoms in total. The Morgan fingerprint density at radius 2 is 1.88 bits per heavy atom. The molecule has 0 bridgehead atoms. The van der Waals surface area contributed by atoms with Crippen LogP contribution in [0.2, 0.25) is 0 Å². The maximum absolute atomic E-state index is 11.4. The van der Waals surface area contributed by atoms with Gasteiger partial charge in [0, 0.05) is 5.41 Å². The molecule has 0 spiro atoms. The number of hydrogen-bond donors (Lipinski definition) is 1. The molecule has 1 N–H and O–H groups in total. The minimum absolute atomic E-state index is 0.241. The van der Waals surface area contributed by atoms with Gasteiger partial charge in [-0.25, -0.2) is 9.48 Å². The fourth-order valence-corrected chi connectivity index (χ4v) is 1.49. The summed E-state index contributed by atoms with van der Waals surface area (Å²) < 4.78 is 1.44. The average Bonchev–Trinajstić information content (AvgIpc) is 2.77. The SMILES string of the molecule is CCC(C)(C)c1nnnn1C(C)(CC)C(=O)O. The second-order valence-corrected chi connectivity index (χ2v) is 5.08. The first-order valence-corrected chi connectivity index (χ1v) is 5.82. The summed E-state index contributed by atoms with van der Waals surface area (Å²) in [4.78, 5) is 11.4. The van der Waals surface area contributed by atoms with Gasteiger partial charge in [0.25, 0.3) is 0 Å². The normalized spacial score (nSPS) is 15.6. The van der Waals surface area contributed by atoms with E-state index in [-0.39, 0.29) is 5.41 Å². The van der Waals surface area contributed by atoms with Gasteiger partial charge in [-0.15, -0.1) is 5.10 Å². The molecule has 1 unspecified atom stereocenters. The van der Waals surface area contributed by atoms with E-state index in [1.165, 1.54) is 4.68 Å². The van der Waals surface area contributed by atoms with Gasteiger partial charge in [0.15, 0.2) is 11.4 Å². The number of nitrogens with zero attached hydrogens (tertiary/aromatic N) is 4.